The lowest BCUT2D eigenvalue weighted by Gasteiger charge is -2.43. The van der Waals surface area contributed by atoms with E-state index in [0.29, 0.717) is 6.04 Å². The third-order valence-corrected chi connectivity index (χ3v) is 6.06. The highest BCUT2D eigenvalue weighted by Crippen LogP contribution is 2.38. The van der Waals surface area contributed by atoms with Gasteiger partial charge in [-0.25, -0.2) is 4.98 Å². The predicted octanol–water partition coefficient (Wildman–Crippen LogP) is 3.49. The Morgan fingerprint density at radius 1 is 1.40 bits per heavy atom. The molecule has 114 valence electrons. The number of aromatic nitrogens is 1. The van der Waals surface area contributed by atoms with Gasteiger partial charge in [0.15, 0.2) is 0 Å². The summed E-state index contributed by atoms with van der Waals surface area (Å²) in [6.07, 6.45) is 5.81. The third-order valence-electron chi connectivity index (χ3n) is 4.96. The molecule has 1 aliphatic rings. The quantitative estimate of drug-likeness (QED) is 0.903. The standard InChI is InChI=1S/C16H28N2OS/c1-11-6-8-16(19-5,9-7-11)14(17-4)10-15-18-12(2)13(3)20-15/h11,14,17H,6-10H2,1-5H3. The van der Waals surface area contributed by atoms with Gasteiger partial charge >= 0.3 is 0 Å². The number of ether oxygens (including phenoxy) is 1. The SMILES string of the molecule is CNC(Cc1nc(C)c(C)s1)C1(OC)CCC(C)CC1. The fraction of sp³-hybridized carbons (Fsp3) is 0.812. The second-order valence-electron chi connectivity index (χ2n) is 6.25. The van der Waals surface area contributed by atoms with Crippen LogP contribution in [0.5, 0.6) is 0 Å². The third kappa shape index (κ3) is 3.23. The van der Waals surface area contributed by atoms with E-state index in [1.165, 1.54) is 28.4 Å². The van der Waals surface area contributed by atoms with Crippen LogP contribution >= 0.6 is 11.3 Å². The lowest BCUT2D eigenvalue weighted by atomic mass is 9.74. The van der Waals surface area contributed by atoms with Gasteiger partial charge in [-0.1, -0.05) is 6.92 Å². The Kier molecular flexibility index (Phi) is 5.21. The van der Waals surface area contributed by atoms with Crippen molar-refractivity contribution in [3.63, 3.8) is 0 Å². The van der Waals surface area contributed by atoms with Crippen molar-refractivity contribution in [2.24, 2.45) is 5.92 Å². The van der Waals surface area contributed by atoms with Crippen molar-refractivity contribution in [3.8, 4) is 0 Å². The van der Waals surface area contributed by atoms with Gasteiger partial charge in [0.2, 0.25) is 0 Å². The van der Waals surface area contributed by atoms with Crippen molar-refractivity contribution in [1.29, 1.82) is 0 Å². The van der Waals surface area contributed by atoms with Crippen LogP contribution in [0.4, 0.5) is 0 Å². The molecule has 0 amide bonds. The molecule has 1 aromatic rings. The van der Waals surface area contributed by atoms with Gasteiger partial charge in [-0.2, -0.15) is 0 Å². The van der Waals surface area contributed by atoms with Gasteiger partial charge in [0, 0.05) is 24.4 Å². The highest BCUT2D eigenvalue weighted by molar-refractivity contribution is 7.11. The summed E-state index contributed by atoms with van der Waals surface area (Å²) in [5.74, 6) is 0.833. The van der Waals surface area contributed by atoms with E-state index in [4.69, 9.17) is 9.72 Å². The zero-order chi connectivity index (χ0) is 14.8. The fourth-order valence-electron chi connectivity index (χ4n) is 3.30. The molecular weight excluding hydrogens is 268 g/mol. The lowest BCUT2D eigenvalue weighted by Crippen LogP contribution is -2.54. The van der Waals surface area contributed by atoms with E-state index in [0.717, 1.165) is 25.2 Å². The summed E-state index contributed by atoms with van der Waals surface area (Å²) in [5, 5.41) is 4.73. The first-order valence-electron chi connectivity index (χ1n) is 7.66. The Bertz CT molecular complexity index is 416. The largest absolute Gasteiger partial charge is 0.377 e. The molecule has 1 aromatic heterocycles. The molecule has 1 saturated carbocycles. The van der Waals surface area contributed by atoms with E-state index in [9.17, 15) is 0 Å². The zero-order valence-electron chi connectivity index (χ0n) is 13.5. The van der Waals surface area contributed by atoms with Crippen LogP contribution in [-0.2, 0) is 11.2 Å². The number of rotatable bonds is 5. The van der Waals surface area contributed by atoms with Crippen molar-refractivity contribution < 1.29 is 4.74 Å². The van der Waals surface area contributed by atoms with Crippen LogP contribution in [-0.4, -0.2) is 30.8 Å². The summed E-state index contributed by atoms with van der Waals surface area (Å²) < 4.78 is 6.00. The summed E-state index contributed by atoms with van der Waals surface area (Å²) in [4.78, 5) is 6.03. The van der Waals surface area contributed by atoms with Gasteiger partial charge in [-0.3, -0.25) is 0 Å². The average molecular weight is 296 g/mol. The van der Waals surface area contributed by atoms with Crippen LogP contribution in [0.2, 0.25) is 0 Å². The zero-order valence-corrected chi connectivity index (χ0v) is 14.3. The molecule has 0 radical (unpaired) electrons. The summed E-state index contributed by atoms with van der Waals surface area (Å²) in [6.45, 7) is 6.60. The highest BCUT2D eigenvalue weighted by Gasteiger charge is 2.41. The van der Waals surface area contributed by atoms with Gasteiger partial charge in [-0.15, -0.1) is 11.3 Å². The normalized spacial score (nSPS) is 28.6. The van der Waals surface area contributed by atoms with Gasteiger partial charge < -0.3 is 10.1 Å². The molecule has 0 bridgehead atoms. The molecule has 20 heavy (non-hydrogen) atoms. The van der Waals surface area contributed by atoms with E-state index in [-0.39, 0.29) is 5.60 Å². The number of aryl methyl sites for hydroxylation is 2. The number of nitrogens with zero attached hydrogens (tertiary/aromatic N) is 1. The van der Waals surface area contributed by atoms with Gasteiger partial charge in [-0.05, 0) is 52.5 Å². The molecule has 1 atom stereocenters. The number of thiazole rings is 1. The summed E-state index contributed by atoms with van der Waals surface area (Å²) >= 11 is 1.83. The second kappa shape index (κ2) is 6.54. The number of methoxy groups -OCH3 is 1. The Hall–Kier alpha value is -0.450. The summed E-state index contributed by atoms with van der Waals surface area (Å²) in [7, 11) is 3.93. The number of nitrogens with one attached hydrogen (secondary N) is 1. The van der Waals surface area contributed by atoms with Crippen LogP contribution in [0.15, 0.2) is 0 Å². The minimum atomic E-state index is -0.0191. The average Bonchev–Trinajstić information content (AvgIpc) is 2.76. The van der Waals surface area contributed by atoms with Crippen LogP contribution < -0.4 is 5.32 Å². The van der Waals surface area contributed by atoms with Gasteiger partial charge in [0.1, 0.15) is 0 Å². The highest BCUT2D eigenvalue weighted by atomic mass is 32.1. The summed E-state index contributed by atoms with van der Waals surface area (Å²) in [6, 6.07) is 0.352. The van der Waals surface area contributed by atoms with Gasteiger partial charge in [0.25, 0.3) is 0 Å². The molecular formula is C16H28N2OS. The number of hydrogen-bond donors (Lipinski definition) is 1. The molecule has 1 N–H and O–H groups in total. The number of likely N-dealkylation sites (N-methyl/N-ethyl adjacent to an activating group) is 1. The first-order valence-corrected chi connectivity index (χ1v) is 8.47. The molecule has 1 aliphatic carbocycles. The van der Waals surface area contributed by atoms with Crippen molar-refractivity contribution in [2.45, 2.75) is 64.5 Å². The lowest BCUT2D eigenvalue weighted by molar-refractivity contribution is -0.0730. The van der Waals surface area contributed by atoms with Crippen molar-refractivity contribution >= 4 is 11.3 Å². The molecule has 1 heterocycles. The van der Waals surface area contributed by atoms with Crippen LogP contribution in [0.3, 0.4) is 0 Å². The molecule has 4 heteroatoms. The van der Waals surface area contributed by atoms with Gasteiger partial charge in [0.05, 0.1) is 16.3 Å². The second-order valence-corrected chi connectivity index (χ2v) is 7.53. The number of hydrogen-bond acceptors (Lipinski definition) is 4. The molecule has 1 fully saturated rings. The van der Waals surface area contributed by atoms with E-state index < -0.39 is 0 Å². The maximum atomic E-state index is 6.00. The monoisotopic (exact) mass is 296 g/mol. The minimum absolute atomic E-state index is 0.0191. The van der Waals surface area contributed by atoms with Crippen LogP contribution in [0.1, 0.15) is 48.2 Å². The smallest absolute Gasteiger partial charge is 0.0947 e. The van der Waals surface area contributed by atoms with E-state index in [1.54, 1.807) is 0 Å². The fourth-order valence-corrected chi connectivity index (χ4v) is 4.28. The summed E-state index contributed by atoms with van der Waals surface area (Å²) in [5.41, 5.74) is 1.15. The van der Waals surface area contributed by atoms with Crippen LogP contribution in [0.25, 0.3) is 0 Å². The molecule has 0 aromatic carbocycles. The Morgan fingerprint density at radius 3 is 2.50 bits per heavy atom. The molecule has 0 spiro atoms. The van der Waals surface area contributed by atoms with Crippen molar-refractivity contribution in [2.75, 3.05) is 14.2 Å². The topological polar surface area (TPSA) is 34.2 Å². The molecule has 0 saturated heterocycles. The first-order chi connectivity index (χ1) is 9.50. The van der Waals surface area contributed by atoms with E-state index in [2.05, 4.69) is 33.1 Å². The Balaban J connectivity index is 2.13. The first kappa shape index (κ1) is 15.9. The Morgan fingerprint density at radius 2 is 2.05 bits per heavy atom. The van der Waals surface area contributed by atoms with E-state index in [1.807, 2.05) is 18.4 Å². The van der Waals surface area contributed by atoms with E-state index >= 15 is 0 Å². The Labute approximate surface area is 127 Å². The maximum Gasteiger partial charge on any atom is 0.0947 e. The minimum Gasteiger partial charge on any atom is -0.377 e. The maximum absolute atomic E-state index is 6.00. The molecule has 1 unspecified atom stereocenters. The molecule has 0 aliphatic heterocycles. The van der Waals surface area contributed by atoms with Crippen molar-refractivity contribution in [1.82, 2.24) is 10.3 Å². The molecule has 3 nitrogen and oxygen atoms in total. The predicted molar refractivity (Wildman–Crippen MR) is 85.5 cm³/mol. The van der Waals surface area contributed by atoms with Crippen LogP contribution in [0, 0.1) is 19.8 Å². The van der Waals surface area contributed by atoms with Crippen molar-refractivity contribution in [3.05, 3.63) is 15.6 Å². The molecule has 2 rings (SSSR count).